The second kappa shape index (κ2) is 15.0. The molecule has 110 valence electrons. The van der Waals surface area contributed by atoms with Crippen LogP contribution in [0.5, 0.6) is 0 Å². The lowest BCUT2D eigenvalue weighted by Crippen LogP contribution is -2.08. The molecule has 0 aliphatic carbocycles. The molecular weight excluding hydrogens is 220 g/mol. The fourth-order valence-corrected chi connectivity index (χ4v) is 2.62. The van der Waals surface area contributed by atoms with Gasteiger partial charge in [0.05, 0.1) is 0 Å². The summed E-state index contributed by atoms with van der Waals surface area (Å²) in [7, 11) is 1.84. The van der Waals surface area contributed by atoms with Crippen LogP contribution in [-0.2, 0) is 4.74 Å². The molecule has 0 fully saturated rings. The van der Waals surface area contributed by atoms with Crippen LogP contribution < -0.4 is 0 Å². The van der Waals surface area contributed by atoms with Crippen molar-refractivity contribution in [1.82, 2.24) is 0 Å². The monoisotopic (exact) mass is 256 g/mol. The summed E-state index contributed by atoms with van der Waals surface area (Å²) in [5.74, 6) is 0.817. The maximum atomic E-state index is 5.34. The van der Waals surface area contributed by atoms with E-state index in [-0.39, 0.29) is 0 Å². The lowest BCUT2D eigenvalue weighted by atomic mass is 9.95. The zero-order chi connectivity index (χ0) is 13.5. The smallest absolute Gasteiger partial charge is 0.0490 e. The summed E-state index contributed by atoms with van der Waals surface area (Å²) >= 11 is 0. The normalized spacial score (nSPS) is 12.8. The highest BCUT2D eigenvalue weighted by Crippen LogP contribution is 2.18. The molecule has 0 amide bonds. The Labute approximate surface area is 116 Å². The third kappa shape index (κ3) is 12.4. The van der Waals surface area contributed by atoms with Crippen molar-refractivity contribution in [3.05, 3.63) is 0 Å². The Morgan fingerprint density at radius 2 is 1.11 bits per heavy atom. The minimum atomic E-state index is 0.817. The van der Waals surface area contributed by atoms with E-state index in [4.69, 9.17) is 4.74 Å². The lowest BCUT2D eigenvalue weighted by Gasteiger charge is -2.15. The Hall–Kier alpha value is -0.0400. The number of hydrogen-bond donors (Lipinski definition) is 0. The first-order chi connectivity index (χ1) is 8.85. The minimum Gasteiger partial charge on any atom is -0.384 e. The quantitative estimate of drug-likeness (QED) is 0.348. The van der Waals surface area contributed by atoms with E-state index in [0.717, 1.165) is 12.5 Å². The zero-order valence-corrected chi connectivity index (χ0v) is 13.2. The first-order valence-electron chi connectivity index (χ1n) is 8.34. The molecule has 0 bridgehead atoms. The van der Waals surface area contributed by atoms with Crippen LogP contribution in [-0.4, -0.2) is 13.7 Å². The van der Waals surface area contributed by atoms with Gasteiger partial charge in [-0.15, -0.1) is 0 Å². The van der Waals surface area contributed by atoms with Crippen LogP contribution >= 0.6 is 0 Å². The van der Waals surface area contributed by atoms with Gasteiger partial charge in [-0.1, -0.05) is 78.1 Å². The lowest BCUT2D eigenvalue weighted by molar-refractivity contribution is 0.140. The number of ether oxygens (including phenoxy) is 1. The predicted octanol–water partition coefficient (Wildman–Crippen LogP) is 5.97. The molecule has 0 spiro atoms. The third-order valence-electron chi connectivity index (χ3n) is 3.83. The van der Waals surface area contributed by atoms with Crippen molar-refractivity contribution in [2.24, 2.45) is 5.92 Å². The van der Waals surface area contributed by atoms with Gasteiger partial charge in [-0.2, -0.15) is 0 Å². The summed E-state index contributed by atoms with van der Waals surface area (Å²) in [6.07, 6.45) is 16.8. The van der Waals surface area contributed by atoms with Gasteiger partial charge < -0.3 is 4.74 Å². The van der Waals surface area contributed by atoms with E-state index < -0.39 is 0 Å². The van der Waals surface area contributed by atoms with E-state index in [1.165, 1.54) is 77.0 Å². The largest absolute Gasteiger partial charge is 0.384 e. The van der Waals surface area contributed by atoms with E-state index in [1.807, 2.05) is 7.11 Å². The van der Waals surface area contributed by atoms with Crippen molar-refractivity contribution in [1.29, 1.82) is 0 Å². The van der Waals surface area contributed by atoms with Gasteiger partial charge in [-0.05, 0) is 18.8 Å². The molecule has 1 nitrogen and oxygen atoms in total. The predicted molar refractivity (Wildman–Crippen MR) is 82.1 cm³/mol. The van der Waals surface area contributed by atoms with E-state index in [2.05, 4.69) is 13.8 Å². The second-order valence-corrected chi connectivity index (χ2v) is 5.73. The van der Waals surface area contributed by atoms with E-state index in [9.17, 15) is 0 Å². The maximum Gasteiger partial charge on any atom is 0.0490 e. The molecule has 0 aromatic carbocycles. The molecule has 18 heavy (non-hydrogen) atoms. The molecular formula is C17H36O. The van der Waals surface area contributed by atoms with Gasteiger partial charge >= 0.3 is 0 Å². The van der Waals surface area contributed by atoms with Crippen molar-refractivity contribution in [2.75, 3.05) is 13.7 Å². The van der Waals surface area contributed by atoms with E-state index in [0.29, 0.717) is 0 Å². The molecule has 0 aromatic heterocycles. The Bertz CT molecular complexity index is 145. The van der Waals surface area contributed by atoms with Gasteiger partial charge in [0, 0.05) is 13.7 Å². The first-order valence-corrected chi connectivity index (χ1v) is 8.34. The zero-order valence-electron chi connectivity index (χ0n) is 13.2. The molecule has 0 aliphatic heterocycles. The summed E-state index contributed by atoms with van der Waals surface area (Å²) in [5, 5.41) is 0. The van der Waals surface area contributed by atoms with Crippen LogP contribution in [0.2, 0.25) is 0 Å². The number of unbranched alkanes of at least 4 members (excludes halogenated alkanes) is 8. The van der Waals surface area contributed by atoms with E-state index >= 15 is 0 Å². The highest BCUT2D eigenvalue weighted by molar-refractivity contribution is 4.59. The Morgan fingerprint density at radius 1 is 0.667 bits per heavy atom. The van der Waals surface area contributed by atoms with Gasteiger partial charge in [0.1, 0.15) is 0 Å². The van der Waals surface area contributed by atoms with Crippen molar-refractivity contribution in [3.63, 3.8) is 0 Å². The summed E-state index contributed by atoms with van der Waals surface area (Å²) in [4.78, 5) is 0. The van der Waals surface area contributed by atoms with Crippen molar-refractivity contribution >= 4 is 0 Å². The highest BCUT2D eigenvalue weighted by atomic mass is 16.5. The summed E-state index contributed by atoms with van der Waals surface area (Å²) in [5.41, 5.74) is 0. The van der Waals surface area contributed by atoms with Gasteiger partial charge in [-0.3, -0.25) is 0 Å². The molecule has 1 heteroatoms. The fourth-order valence-electron chi connectivity index (χ4n) is 2.62. The number of methoxy groups -OCH3 is 1. The molecule has 0 rings (SSSR count). The van der Waals surface area contributed by atoms with Crippen LogP contribution in [0.1, 0.15) is 90.9 Å². The maximum absolute atomic E-state index is 5.34. The Kier molecular flexibility index (Phi) is 15.0. The molecule has 0 aromatic rings. The molecule has 0 aliphatic rings. The van der Waals surface area contributed by atoms with Gasteiger partial charge in [0.2, 0.25) is 0 Å². The second-order valence-electron chi connectivity index (χ2n) is 5.73. The van der Waals surface area contributed by atoms with Gasteiger partial charge in [-0.25, -0.2) is 0 Å². The van der Waals surface area contributed by atoms with Crippen LogP contribution in [0, 0.1) is 5.92 Å². The average Bonchev–Trinajstić information content (AvgIpc) is 2.38. The minimum absolute atomic E-state index is 0.817. The van der Waals surface area contributed by atoms with Crippen molar-refractivity contribution in [3.8, 4) is 0 Å². The topological polar surface area (TPSA) is 9.23 Å². The molecule has 1 unspecified atom stereocenters. The Morgan fingerprint density at radius 3 is 1.67 bits per heavy atom. The average molecular weight is 256 g/mol. The fraction of sp³-hybridized carbons (Fsp3) is 1.00. The van der Waals surface area contributed by atoms with Crippen molar-refractivity contribution in [2.45, 2.75) is 90.9 Å². The van der Waals surface area contributed by atoms with Gasteiger partial charge in [0.25, 0.3) is 0 Å². The molecule has 0 radical (unpaired) electrons. The van der Waals surface area contributed by atoms with Crippen molar-refractivity contribution < 1.29 is 4.74 Å². The molecule has 1 atom stereocenters. The molecule has 0 saturated heterocycles. The summed E-state index contributed by atoms with van der Waals surface area (Å²) in [6, 6.07) is 0. The molecule has 0 N–H and O–H groups in total. The molecule has 0 saturated carbocycles. The summed E-state index contributed by atoms with van der Waals surface area (Å²) < 4.78 is 5.34. The van der Waals surface area contributed by atoms with Crippen LogP contribution in [0.25, 0.3) is 0 Å². The number of hydrogen-bond acceptors (Lipinski definition) is 1. The van der Waals surface area contributed by atoms with E-state index in [1.54, 1.807) is 0 Å². The first kappa shape index (κ1) is 18.0. The van der Waals surface area contributed by atoms with Crippen LogP contribution in [0.15, 0.2) is 0 Å². The summed E-state index contributed by atoms with van der Waals surface area (Å²) in [6.45, 7) is 5.53. The Balaban J connectivity index is 3.39. The third-order valence-corrected chi connectivity index (χ3v) is 3.83. The SMILES string of the molecule is CCCCCCCCCC(CCCCC)COC. The highest BCUT2D eigenvalue weighted by Gasteiger charge is 2.07. The van der Waals surface area contributed by atoms with Crippen LogP contribution in [0.3, 0.4) is 0 Å². The van der Waals surface area contributed by atoms with Crippen LogP contribution in [0.4, 0.5) is 0 Å². The number of rotatable bonds is 14. The van der Waals surface area contributed by atoms with Gasteiger partial charge in [0.15, 0.2) is 0 Å². The standard InChI is InChI=1S/C17H36O/c1-4-6-8-9-10-11-13-15-17(16-18-3)14-12-7-5-2/h17H,4-16H2,1-3H3. The molecule has 0 heterocycles.